The van der Waals surface area contributed by atoms with Gasteiger partial charge in [-0.05, 0) is 0 Å². The molecule has 1 saturated heterocycles. The summed E-state index contributed by atoms with van der Waals surface area (Å²) in [5.74, 6) is -7.16. The Labute approximate surface area is 159 Å². The van der Waals surface area contributed by atoms with E-state index in [9.17, 15) is 74.6 Å². The van der Waals surface area contributed by atoms with Crippen LogP contribution in [-0.2, 0) is 4.74 Å². The van der Waals surface area contributed by atoms with E-state index in [0.29, 0.717) is 0 Å². The zero-order valence-electron chi connectivity index (χ0n) is 13.8. The average Bonchev–Trinajstić information content (AvgIpc) is 2.46. The molecule has 1 fully saturated rings. The molecule has 2 atom stereocenters. The molecule has 0 bridgehead atoms. The maximum Gasteiger partial charge on any atom is 0.459 e. The maximum atomic E-state index is 13.7. The first-order valence-electron chi connectivity index (χ1n) is 7.18. The Kier molecular flexibility index (Phi) is 6.81. The molecule has 2 nitrogen and oxygen atoms in total. The van der Waals surface area contributed by atoms with Gasteiger partial charge >= 0.3 is 36.8 Å². The van der Waals surface area contributed by atoms with Crippen LogP contribution in [-0.4, -0.2) is 67.0 Å². The van der Waals surface area contributed by atoms with Crippen molar-refractivity contribution in [1.29, 1.82) is 0 Å². The van der Waals surface area contributed by atoms with Crippen LogP contribution in [0.1, 0.15) is 0 Å². The summed E-state index contributed by atoms with van der Waals surface area (Å²) in [5.41, 5.74) is -8.78. The van der Waals surface area contributed by atoms with Gasteiger partial charge in [-0.1, -0.05) is 0 Å². The minimum atomic E-state index is -7.26. The van der Waals surface area contributed by atoms with E-state index < -0.39 is 78.3 Å². The molecule has 0 saturated carbocycles. The van der Waals surface area contributed by atoms with Crippen molar-refractivity contribution < 1.29 is 79.4 Å². The molecular weight excluding hydrogens is 497 g/mol. The van der Waals surface area contributed by atoms with E-state index in [4.69, 9.17) is 0 Å². The summed E-state index contributed by atoms with van der Waals surface area (Å²) in [5, 5.41) is 0. The molecule has 184 valence electrons. The quantitative estimate of drug-likeness (QED) is 0.445. The number of halogens is 17. The smallest absolute Gasteiger partial charge is 0.363 e. The molecule has 19 heteroatoms. The van der Waals surface area contributed by atoms with Crippen molar-refractivity contribution in [2.45, 2.75) is 49.0 Å². The van der Waals surface area contributed by atoms with Crippen LogP contribution < -0.4 is 0 Å². The van der Waals surface area contributed by atoms with Gasteiger partial charge in [0.25, 0.3) is 0 Å². The van der Waals surface area contributed by atoms with Gasteiger partial charge < -0.3 is 9.64 Å². The highest BCUT2D eigenvalue weighted by Crippen LogP contribution is 2.51. The van der Waals surface area contributed by atoms with E-state index in [0.717, 1.165) is 0 Å². The van der Waals surface area contributed by atoms with Gasteiger partial charge in [0.1, 0.15) is 5.70 Å². The second-order valence-electron chi connectivity index (χ2n) is 5.89. The highest BCUT2D eigenvalue weighted by molar-refractivity contribution is 5.30. The maximum absolute atomic E-state index is 13.7. The molecule has 0 aromatic heterocycles. The molecular formula is C12H6F17NO. The van der Waals surface area contributed by atoms with Gasteiger partial charge in [-0.3, -0.25) is 0 Å². The molecule has 0 spiro atoms. The lowest BCUT2D eigenvalue weighted by Crippen LogP contribution is -2.60. The molecule has 2 unspecified atom stereocenters. The number of nitrogens with zero attached hydrogens (tertiary/aromatic N) is 1. The first-order chi connectivity index (χ1) is 13.3. The highest BCUT2D eigenvalue weighted by atomic mass is 19.4. The van der Waals surface area contributed by atoms with Crippen molar-refractivity contribution >= 4 is 0 Å². The Balaban J connectivity index is 3.93. The standard InChI is InChI=1S/C12H6F17NO/c13-7(14,12(27,28)29)6(5(10(21,22)23)11(24,25)26)30-1-3(8(15,16)17)31-4(2-30)9(18,19)20/h3-4H,1-2H2. The second-order valence-corrected chi connectivity index (χ2v) is 5.89. The monoisotopic (exact) mass is 503 g/mol. The summed E-state index contributed by atoms with van der Waals surface area (Å²) in [6, 6.07) is 0. The van der Waals surface area contributed by atoms with Crippen LogP contribution in [0.2, 0.25) is 0 Å². The fourth-order valence-electron chi connectivity index (χ4n) is 2.38. The Morgan fingerprint density at radius 1 is 0.581 bits per heavy atom. The summed E-state index contributed by atoms with van der Waals surface area (Å²) >= 11 is 0. The highest BCUT2D eigenvalue weighted by Gasteiger charge is 2.69. The Morgan fingerprint density at radius 2 is 0.903 bits per heavy atom. The van der Waals surface area contributed by atoms with Gasteiger partial charge in [-0.15, -0.1) is 0 Å². The minimum Gasteiger partial charge on any atom is -0.363 e. The summed E-state index contributed by atoms with van der Waals surface area (Å²) in [6.07, 6.45) is -41.3. The zero-order chi connectivity index (χ0) is 25.0. The fourth-order valence-corrected chi connectivity index (χ4v) is 2.38. The van der Waals surface area contributed by atoms with E-state index >= 15 is 0 Å². The van der Waals surface area contributed by atoms with Gasteiger partial charge in [0.15, 0.2) is 17.8 Å². The number of alkyl halides is 17. The number of allylic oxidation sites excluding steroid dienone is 2. The van der Waals surface area contributed by atoms with Crippen molar-refractivity contribution in [3.63, 3.8) is 0 Å². The van der Waals surface area contributed by atoms with Gasteiger partial charge in [-0.2, -0.15) is 74.6 Å². The zero-order valence-corrected chi connectivity index (χ0v) is 13.8. The van der Waals surface area contributed by atoms with E-state index in [2.05, 4.69) is 4.74 Å². The van der Waals surface area contributed by atoms with Crippen LogP contribution in [0, 0.1) is 0 Å². The Hall–Kier alpha value is -1.69. The molecule has 0 amide bonds. The van der Waals surface area contributed by atoms with Gasteiger partial charge in [0, 0.05) is 0 Å². The predicted molar refractivity (Wildman–Crippen MR) is 62.5 cm³/mol. The minimum absolute atomic E-state index is 1.61. The average molecular weight is 503 g/mol. The fraction of sp³-hybridized carbons (Fsp3) is 0.833. The number of rotatable bonds is 2. The Bertz CT molecular complexity index is 638. The normalized spacial score (nSPS) is 22.5. The predicted octanol–water partition coefficient (Wildman–Crippen LogP) is 5.76. The molecule has 0 radical (unpaired) electrons. The molecule has 0 aliphatic carbocycles. The largest absolute Gasteiger partial charge is 0.459 e. The molecule has 1 aliphatic rings. The number of ether oxygens (including phenoxy) is 1. The van der Waals surface area contributed by atoms with Crippen molar-refractivity contribution in [2.75, 3.05) is 13.1 Å². The third-order valence-electron chi connectivity index (χ3n) is 3.60. The molecule has 1 aliphatic heterocycles. The molecule has 0 aromatic rings. The molecule has 0 N–H and O–H groups in total. The van der Waals surface area contributed by atoms with E-state index in [-0.39, 0.29) is 0 Å². The number of hydrogen-bond donors (Lipinski definition) is 0. The summed E-state index contributed by atoms with van der Waals surface area (Å²) in [4.78, 5) is -1.61. The summed E-state index contributed by atoms with van der Waals surface area (Å²) in [7, 11) is 0. The lowest BCUT2D eigenvalue weighted by atomic mass is 10.0. The molecule has 1 rings (SSSR count). The second kappa shape index (κ2) is 7.72. The topological polar surface area (TPSA) is 12.5 Å². The Morgan fingerprint density at radius 3 is 1.13 bits per heavy atom. The van der Waals surface area contributed by atoms with Crippen molar-refractivity contribution in [1.82, 2.24) is 4.90 Å². The van der Waals surface area contributed by atoms with Crippen molar-refractivity contribution in [3.8, 4) is 0 Å². The lowest BCUT2D eigenvalue weighted by Gasteiger charge is -2.43. The molecule has 31 heavy (non-hydrogen) atoms. The third-order valence-corrected chi connectivity index (χ3v) is 3.60. The third kappa shape index (κ3) is 5.97. The summed E-state index contributed by atoms with van der Waals surface area (Å²) in [6.45, 7) is -5.29. The van der Waals surface area contributed by atoms with Crippen LogP contribution in [0.4, 0.5) is 74.6 Å². The van der Waals surface area contributed by atoms with Gasteiger partial charge in [0.2, 0.25) is 0 Å². The van der Waals surface area contributed by atoms with E-state index in [1.807, 2.05) is 0 Å². The first-order valence-corrected chi connectivity index (χ1v) is 7.18. The van der Waals surface area contributed by atoms with Crippen LogP contribution in [0.25, 0.3) is 0 Å². The van der Waals surface area contributed by atoms with E-state index in [1.54, 1.807) is 0 Å². The summed E-state index contributed by atoms with van der Waals surface area (Å²) < 4.78 is 222. The van der Waals surface area contributed by atoms with Gasteiger partial charge in [0.05, 0.1) is 13.1 Å². The van der Waals surface area contributed by atoms with Crippen molar-refractivity contribution in [3.05, 3.63) is 11.3 Å². The van der Waals surface area contributed by atoms with Crippen LogP contribution >= 0.6 is 0 Å². The molecule has 0 aromatic carbocycles. The number of morpholine rings is 1. The lowest BCUT2D eigenvalue weighted by molar-refractivity contribution is -0.313. The first kappa shape index (κ1) is 27.3. The number of hydrogen-bond acceptors (Lipinski definition) is 2. The molecule has 1 heterocycles. The van der Waals surface area contributed by atoms with Crippen LogP contribution in [0.5, 0.6) is 0 Å². The van der Waals surface area contributed by atoms with Crippen LogP contribution in [0.15, 0.2) is 11.3 Å². The van der Waals surface area contributed by atoms with Crippen molar-refractivity contribution in [2.24, 2.45) is 0 Å². The van der Waals surface area contributed by atoms with E-state index in [1.165, 1.54) is 0 Å². The van der Waals surface area contributed by atoms with Crippen LogP contribution in [0.3, 0.4) is 0 Å². The van der Waals surface area contributed by atoms with Gasteiger partial charge in [-0.25, -0.2) is 0 Å². The SMILES string of the molecule is FC(F)(F)C(=C(N1CC(C(F)(F)F)OC(C(F)(F)F)C1)C(F)(F)C(F)(F)F)C(F)(F)F.